The van der Waals surface area contributed by atoms with Crippen LogP contribution < -0.4 is 5.73 Å². The molecule has 4 rings (SSSR count). The summed E-state index contributed by atoms with van der Waals surface area (Å²) in [6, 6.07) is 10.1. The first kappa shape index (κ1) is 26.4. The molecular formula is C26H33Cl2N3O4. The Morgan fingerprint density at radius 1 is 0.971 bits per heavy atom. The maximum atomic E-state index is 13.1. The monoisotopic (exact) mass is 521 g/mol. The molecule has 2 aromatic rings. The van der Waals surface area contributed by atoms with Crippen molar-refractivity contribution in [1.29, 1.82) is 0 Å². The van der Waals surface area contributed by atoms with Crippen LogP contribution >= 0.6 is 23.2 Å². The lowest BCUT2D eigenvalue weighted by atomic mass is 9.84. The second-order valence-electron chi connectivity index (χ2n) is 8.97. The standard InChI is InChI=1S/C26H33Cl2N3O4/c1-30-16-23(22-13-20(27)14-25(28)24(22)17-30)18-2-3-19-15-31(26(32)21(19)12-18)5-7-34-9-11-35-10-8-33-6-4-29/h2-3,12-14,23H,4-11,15-17,29H2,1H3. The molecule has 0 fully saturated rings. The summed E-state index contributed by atoms with van der Waals surface area (Å²) in [7, 11) is 2.09. The van der Waals surface area contributed by atoms with Gasteiger partial charge >= 0.3 is 0 Å². The summed E-state index contributed by atoms with van der Waals surface area (Å²) < 4.78 is 16.4. The highest BCUT2D eigenvalue weighted by atomic mass is 35.5. The molecule has 0 aliphatic carbocycles. The van der Waals surface area contributed by atoms with Gasteiger partial charge in [-0.25, -0.2) is 0 Å². The van der Waals surface area contributed by atoms with Crippen molar-refractivity contribution in [3.63, 3.8) is 0 Å². The highest BCUT2D eigenvalue weighted by Crippen LogP contribution is 2.39. The van der Waals surface area contributed by atoms with E-state index < -0.39 is 0 Å². The topological polar surface area (TPSA) is 77.3 Å². The molecule has 190 valence electrons. The van der Waals surface area contributed by atoms with Crippen molar-refractivity contribution in [1.82, 2.24) is 9.80 Å². The van der Waals surface area contributed by atoms with E-state index in [1.807, 2.05) is 17.0 Å². The van der Waals surface area contributed by atoms with Gasteiger partial charge in [0.2, 0.25) is 0 Å². The van der Waals surface area contributed by atoms with Gasteiger partial charge in [0.05, 0.1) is 39.6 Å². The van der Waals surface area contributed by atoms with Crippen LogP contribution in [0.1, 0.15) is 38.5 Å². The van der Waals surface area contributed by atoms with Gasteiger partial charge in [-0.2, -0.15) is 0 Å². The molecule has 0 radical (unpaired) electrons. The first-order valence-electron chi connectivity index (χ1n) is 12.0. The molecule has 1 atom stereocenters. The molecule has 0 saturated carbocycles. The van der Waals surface area contributed by atoms with Crippen molar-refractivity contribution in [2.24, 2.45) is 5.73 Å². The van der Waals surface area contributed by atoms with E-state index in [1.54, 1.807) is 6.07 Å². The van der Waals surface area contributed by atoms with Crippen LogP contribution in [0.4, 0.5) is 0 Å². The zero-order chi connectivity index (χ0) is 24.8. The molecule has 0 saturated heterocycles. The summed E-state index contributed by atoms with van der Waals surface area (Å²) in [5.41, 5.74) is 10.5. The van der Waals surface area contributed by atoms with Crippen molar-refractivity contribution in [3.05, 3.63) is 68.2 Å². The van der Waals surface area contributed by atoms with Crippen LogP contribution in [0.3, 0.4) is 0 Å². The predicted molar refractivity (Wildman–Crippen MR) is 137 cm³/mol. The van der Waals surface area contributed by atoms with E-state index in [4.69, 9.17) is 43.1 Å². The number of nitrogens with zero attached hydrogens (tertiary/aromatic N) is 2. The van der Waals surface area contributed by atoms with E-state index in [-0.39, 0.29) is 11.8 Å². The highest BCUT2D eigenvalue weighted by molar-refractivity contribution is 6.35. The number of hydrogen-bond acceptors (Lipinski definition) is 6. The minimum Gasteiger partial charge on any atom is -0.378 e. The highest BCUT2D eigenvalue weighted by Gasteiger charge is 2.31. The summed E-state index contributed by atoms with van der Waals surface area (Å²) in [6.07, 6.45) is 0. The summed E-state index contributed by atoms with van der Waals surface area (Å²) in [4.78, 5) is 17.2. The number of benzene rings is 2. The third-order valence-electron chi connectivity index (χ3n) is 6.42. The largest absolute Gasteiger partial charge is 0.378 e. The van der Waals surface area contributed by atoms with Crippen LogP contribution in [0, 0.1) is 0 Å². The third kappa shape index (κ3) is 6.54. The number of ether oxygens (including phenoxy) is 3. The summed E-state index contributed by atoms with van der Waals surface area (Å²) in [5, 5.41) is 1.33. The molecular weight excluding hydrogens is 489 g/mol. The van der Waals surface area contributed by atoms with E-state index in [2.05, 4.69) is 24.1 Å². The van der Waals surface area contributed by atoms with Gasteiger partial charge in [0.25, 0.3) is 5.91 Å². The number of carbonyl (C=O) groups is 1. The molecule has 35 heavy (non-hydrogen) atoms. The molecule has 2 aromatic carbocycles. The maximum absolute atomic E-state index is 13.1. The molecule has 0 aromatic heterocycles. The lowest BCUT2D eigenvalue weighted by Crippen LogP contribution is -2.31. The Hall–Kier alpha value is -1.71. The van der Waals surface area contributed by atoms with Crippen molar-refractivity contribution in [3.8, 4) is 0 Å². The number of hydrogen-bond donors (Lipinski definition) is 1. The van der Waals surface area contributed by atoms with Crippen LogP contribution in [0.15, 0.2) is 30.3 Å². The molecule has 0 spiro atoms. The second-order valence-corrected chi connectivity index (χ2v) is 9.82. The quantitative estimate of drug-likeness (QED) is 0.430. The van der Waals surface area contributed by atoms with Crippen molar-refractivity contribution < 1.29 is 19.0 Å². The Morgan fingerprint density at radius 2 is 1.69 bits per heavy atom. The minimum absolute atomic E-state index is 0.0484. The van der Waals surface area contributed by atoms with E-state index in [1.165, 1.54) is 0 Å². The molecule has 1 unspecified atom stereocenters. The van der Waals surface area contributed by atoms with Gasteiger partial charge in [0, 0.05) is 54.3 Å². The number of amides is 1. The van der Waals surface area contributed by atoms with E-state index in [0.717, 1.165) is 40.9 Å². The van der Waals surface area contributed by atoms with Crippen molar-refractivity contribution >= 4 is 29.1 Å². The number of likely N-dealkylation sites (N-methyl/N-ethyl adjacent to an activating group) is 1. The van der Waals surface area contributed by atoms with E-state index >= 15 is 0 Å². The van der Waals surface area contributed by atoms with Crippen LogP contribution in [-0.4, -0.2) is 82.0 Å². The first-order valence-corrected chi connectivity index (χ1v) is 12.7. The molecule has 1 amide bonds. The normalized spacial score (nSPS) is 17.7. The van der Waals surface area contributed by atoms with Crippen LogP contribution in [0.2, 0.25) is 10.0 Å². The molecule has 2 aliphatic rings. The lowest BCUT2D eigenvalue weighted by Gasteiger charge is -2.33. The predicted octanol–water partition coefficient (Wildman–Crippen LogP) is 3.54. The number of halogens is 2. The fourth-order valence-electron chi connectivity index (χ4n) is 4.71. The lowest BCUT2D eigenvalue weighted by molar-refractivity contribution is 0.0120. The number of fused-ring (bicyclic) bond motifs is 2. The number of carbonyl (C=O) groups excluding carboxylic acids is 1. The molecule has 9 heteroatoms. The Kier molecular flexibility index (Phi) is 9.41. The number of rotatable bonds is 12. The first-order chi connectivity index (χ1) is 17.0. The number of nitrogens with two attached hydrogens (primary N) is 1. The van der Waals surface area contributed by atoms with E-state index in [0.29, 0.717) is 69.3 Å². The smallest absolute Gasteiger partial charge is 0.254 e. The Balaban J connectivity index is 1.32. The summed E-state index contributed by atoms with van der Waals surface area (Å²) >= 11 is 12.8. The van der Waals surface area contributed by atoms with Crippen LogP contribution in [0.25, 0.3) is 0 Å². The fraction of sp³-hybridized carbons (Fsp3) is 0.500. The fourth-order valence-corrected chi connectivity index (χ4v) is 5.28. The Bertz CT molecular complexity index is 1040. The SMILES string of the molecule is CN1Cc2c(Cl)cc(Cl)cc2C(c2ccc3c(c2)C(=O)N(CCOCCOCCOCCN)C3)C1. The second kappa shape index (κ2) is 12.5. The van der Waals surface area contributed by atoms with Gasteiger partial charge in [0.15, 0.2) is 0 Å². The zero-order valence-electron chi connectivity index (χ0n) is 20.1. The van der Waals surface area contributed by atoms with Crippen molar-refractivity contribution in [2.45, 2.75) is 19.0 Å². The van der Waals surface area contributed by atoms with Gasteiger partial charge in [-0.05, 0) is 47.5 Å². The maximum Gasteiger partial charge on any atom is 0.254 e. The van der Waals surface area contributed by atoms with E-state index in [9.17, 15) is 4.79 Å². The average Bonchev–Trinajstić information content (AvgIpc) is 3.15. The van der Waals surface area contributed by atoms with Crippen LogP contribution in [-0.2, 0) is 27.3 Å². The molecule has 7 nitrogen and oxygen atoms in total. The third-order valence-corrected chi connectivity index (χ3v) is 6.97. The van der Waals surface area contributed by atoms with Gasteiger partial charge in [-0.1, -0.05) is 35.3 Å². The Morgan fingerprint density at radius 3 is 2.43 bits per heavy atom. The van der Waals surface area contributed by atoms with Crippen LogP contribution in [0.5, 0.6) is 0 Å². The van der Waals surface area contributed by atoms with Gasteiger partial charge in [-0.15, -0.1) is 0 Å². The van der Waals surface area contributed by atoms with Gasteiger partial charge < -0.3 is 29.7 Å². The minimum atomic E-state index is 0.0484. The average molecular weight is 522 g/mol. The molecule has 2 aliphatic heterocycles. The summed E-state index contributed by atoms with van der Waals surface area (Å²) in [6.45, 7) is 6.33. The summed E-state index contributed by atoms with van der Waals surface area (Å²) in [5.74, 6) is 0.156. The zero-order valence-corrected chi connectivity index (χ0v) is 21.6. The van der Waals surface area contributed by atoms with Crippen molar-refractivity contribution in [2.75, 3.05) is 66.3 Å². The molecule has 0 bridgehead atoms. The van der Waals surface area contributed by atoms with Gasteiger partial charge in [-0.3, -0.25) is 4.79 Å². The molecule has 2 N–H and O–H groups in total. The van der Waals surface area contributed by atoms with Gasteiger partial charge in [0.1, 0.15) is 0 Å². The molecule has 2 heterocycles. The Labute approximate surface area is 217 Å².